The van der Waals surface area contributed by atoms with E-state index in [1.165, 1.54) is 12.5 Å². The van der Waals surface area contributed by atoms with Crippen molar-refractivity contribution in [3.63, 3.8) is 0 Å². The maximum absolute atomic E-state index is 13.4. The standard InChI is InChI=1S/C14H17FNO2/c15-13-4-2-1-3-11(13)5-6-14(18)16-9-7-12(17)8-10-16/h1-4,6,12,17H,5,7-10H2. The van der Waals surface area contributed by atoms with Crippen LogP contribution in [0.15, 0.2) is 24.3 Å². The Balaban J connectivity index is 1.83. The molecule has 97 valence electrons. The van der Waals surface area contributed by atoms with Crippen LogP contribution >= 0.6 is 0 Å². The molecule has 0 spiro atoms. The van der Waals surface area contributed by atoms with E-state index in [1.807, 2.05) is 0 Å². The minimum atomic E-state index is -0.291. The SMILES string of the molecule is O=C([CH]Cc1ccccc1F)N1CCC(O)CC1. The Kier molecular flexibility index (Phi) is 4.31. The molecule has 1 aliphatic rings. The van der Waals surface area contributed by atoms with Gasteiger partial charge in [0.2, 0.25) is 5.91 Å². The summed E-state index contributed by atoms with van der Waals surface area (Å²) in [5, 5.41) is 9.36. The van der Waals surface area contributed by atoms with Crippen LogP contribution in [0.25, 0.3) is 0 Å². The van der Waals surface area contributed by atoms with Gasteiger partial charge >= 0.3 is 0 Å². The van der Waals surface area contributed by atoms with E-state index < -0.39 is 0 Å². The highest BCUT2D eigenvalue weighted by Gasteiger charge is 2.21. The first-order chi connectivity index (χ1) is 8.66. The average Bonchev–Trinajstić information content (AvgIpc) is 2.38. The van der Waals surface area contributed by atoms with Crippen molar-refractivity contribution in [3.05, 3.63) is 42.1 Å². The number of likely N-dealkylation sites (tertiary alicyclic amines) is 1. The highest BCUT2D eigenvalue weighted by Crippen LogP contribution is 2.13. The zero-order valence-corrected chi connectivity index (χ0v) is 10.2. The van der Waals surface area contributed by atoms with Crippen LogP contribution in [0.2, 0.25) is 0 Å². The quantitative estimate of drug-likeness (QED) is 0.884. The number of piperidine rings is 1. The molecule has 1 saturated heterocycles. The Morgan fingerprint density at radius 3 is 2.72 bits per heavy atom. The Labute approximate surface area is 106 Å². The highest BCUT2D eigenvalue weighted by molar-refractivity contribution is 5.85. The molecule has 1 heterocycles. The van der Waals surface area contributed by atoms with Gasteiger partial charge in [-0.25, -0.2) is 4.39 Å². The van der Waals surface area contributed by atoms with Gasteiger partial charge in [-0.1, -0.05) is 18.2 Å². The number of aliphatic hydroxyl groups excluding tert-OH is 1. The van der Waals surface area contributed by atoms with Crippen molar-refractivity contribution in [2.75, 3.05) is 13.1 Å². The summed E-state index contributed by atoms with van der Waals surface area (Å²) >= 11 is 0. The normalized spacial score (nSPS) is 16.9. The van der Waals surface area contributed by atoms with Crippen molar-refractivity contribution in [3.8, 4) is 0 Å². The predicted molar refractivity (Wildman–Crippen MR) is 66.2 cm³/mol. The molecule has 0 saturated carbocycles. The fourth-order valence-electron chi connectivity index (χ4n) is 2.08. The van der Waals surface area contributed by atoms with Crippen LogP contribution in [0, 0.1) is 12.2 Å². The van der Waals surface area contributed by atoms with Crippen LogP contribution in [-0.4, -0.2) is 35.1 Å². The van der Waals surface area contributed by atoms with E-state index in [9.17, 15) is 14.3 Å². The third kappa shape index (κ3) is 3.29. The molecule has 0 unspecified atom stereocenters. The number of nitrogens with zero attached hydrogens (tertiary/aromatic N) is 1. The molecule has 1 amide bonds. The molecule has 2 rings (SSSR count). The first-order valence-electron chi connectivity index (χ1n) is 6.20. The Bertz CT molecular complexity index is 414. The molecule has 3 nitrogen and oxygen atoms in total. The lowest BCUT2D eigenvalue weighted by atomic mass is 10.1. The Morgan fingerprint density at radius 1 is 1.39 bits per heavy atom. The van der Waals surface area contributed by atoms with E-state index in [-0.39, 0.29) is 17.8 Å². The maximum atomic E-state index is 13.4. The van der Waals surface area contributed by atoms with Gasteiger partial charge in [0.25, 0.3) is 0 Å². The summed E-state index contributed by atoms with van der Waals surface area (Å²) in [6.45, 7) is 1.15. The van der Waals surface area contributed by atoms with E-state index >= 15 is 0 Å². The van der Waals surface area contributed by atoms with Crippen molar-refractivity contribution in [1.29, 1.82) is 0 Å². The minimum absolute atomic E-state index is 0.0786. The number of carbonyl (C=O) groups excluding carboxylic acids is 1. The van der Waals surface area contributed by atoms with Gasteiger partial charge in [-0.2, -0.15) is 0 Å². The lowest BCUT2D eigenvalue weighted by Gasteiger charge is -2.29. The van der Waals surface area contributed by atoms with E-state index in [0.29, 0.717) is 37.9 Å². The van der Waals surface area contributed by atoms with Crippen LogP contribution in [0.4, 0.5) is 4.39 Å². The predicted octanol–water partition coefficient (Wildman–Crippen LogP) is 1.56. The summed E-state index contributed by atoms with van der Waals surface area (Å²) in [5.41, 5.74) is 0.530. The second-order valence-electron chi connectivity index (χ2n) is 4.56. The summed E-state index contributed by atoms with van der Waals surface area (Å²) in [7, 11) is 0. The molecule has 0 bridgehead atoms. The van der Waals surface area contributed by atoms with Crippen molar-refractivity contribution in [2.45, 2.75) is 25.4 Å². The van der Waals surface area contributed by atoms with Crippen LogP contribution in [0.1, 0.15) is 18.4 Å². The number of aliphatic hydroxyl groups is 1. The molecule has 1 radical (unpaired) electrons. The monoisotopic (exact) mass is 250 g/mol. The molecule has 18 heavy (non-hydrogen) atoms. The number of benzene rings is 1. The van der Waals surface area contributed by atoms with Gasteiger partial charge in [-0.3, -0.25) is 4.79 Å². The summed E-state index contributed by atoms with van der Waals surface area (Å²) in [6.07, 6.45) is 2.78. The zero-order chi connectivity index (χ0) is 13.0. The Morgan fingerprint density at radius 2 is 2.06 bits per heavy atom. The second kappa shape index (κ2) is 5.96. The maximum Gasteiger partial charge on any atom is 0.226 e. The minimum Gasteiger partial charge on any atom is -0.393 e. The molecule has 1 aromatic carbocycles. The van der Waals surface area contributed by atoms with Gasteiger partial charge in [0, 0.05) is 13.1 Å². The van der Waals surface area contributed by atoms with Crippen LogP contribution in [0.5, 0.6) is 0 Å². The fraction of sp³-hybridized carbons (Fsp3) is 0.429. The summed E-state index contributed by atoms with van der Waals surface area (Å²) in [5.74, 6) is -0.360. The third-order valence-corrected chi connectivity index (χ3v) is 3.23. The molecule has 1 aliphatic heterocycles. The number of rotatable bonds is 3. The molecule has 1 N–H and O–H groups in total. The summed E-state index contributed by atoms with van der Waals surface area (Å²) in [4.78, 5) is 13.6. The lowest BCUT2D eigenvalue weighted by molar-refractivity contribution is -0.129. The van der Waals surface area contributed by atoms with E-state index in [0.717, 1.165) is 0 Å². The van der Waals surface area contributed by atoms with Crippen LogP contribution < -0.4 is 0 Å². The van der Waals surface area contributed by atoms with Gasteiger partial charge in [0.1, 0.15) is 5.82 Å². The molecule has 1 aromatic rings. The molecular weight excluding hydrogens is 233 g/mol. The van der Waals surface area contributed by atoms with Crippen molar-refractivity contribution < 1.29 is 14.3 Å². The summed E-state index contributed by atoms with van der Waals surface area (Å²) in [6, 6.07) is 6.46. The summed E-state index contributed by atoms with van der Waals surface area (Å²) < 4.78 is 13.4. The number of carbonyl (C=O) groups is 1. The number of halogens is 1. The largest absolute Gasteiger partial charge is 0.393 e. The zero-order valence-electron chi connectivity index (χ0n) is 10.2. The molecule has 4 heteroatoms. The van der Waals surface area contributed by atoms with Crippen molar-refractivity contribution >= 4 is 5.91 Å². The number of hydrogen-bond donors (Lipinski definition) is 1. The fourth-order valence-corrected chi connectivity index (χ4v) is 2.08. The van der Waals surface area contributed by atoms with Gasteiger partial charge in [-0.05, 0) is 30.9 Å². The first-order valence-corrected chi connectivity index (χ1v) is 6.20. The molecular formula is C14H17FNO2. The first kappa shape index (κ1) is 13.0. The van der Waals surface area contributed by atoms with Gasteiger partial charge in [-0.15, -0.1) is 0 Å². The molecule has 0 atom stereocenters. The molecule has 1 fully saturated rings. The lowest BCUT2D eigenvalue weighted by Crippen LogP contribution is -2.40. The van der Waals surface area contributed by atoms with Crippen molar-refractivity contribution in [1.82, 2.24) is 4.90 Å². The van der Waals surface area contributed by atoms with Crippen LogP contribution in [-0.2, 0) is 11.2 Å². The van der Waals surface area contributed by atoms with Gasteiger partial charge in [0.15, 0.2) is 0 Å². The number of hydrogen-bond acceptors (Lipinski definition) is 2. The average molecular weight is 250 g/mol. The third-order valence-electron chi connectivity index (χ3n) is 3.23. The second-order valence-corrected chi connectivity index (χ2v) is 4.56. The molecule has 0 aliphatic carbocycles. The molecule has 0 aromatic heterocycles. The van der Waals surface area contributed by atoms with Gasteiger partial charge < -0.3 is 10.0 Å². The van der Waals surface area contributed by atoms with Gasteiger partial charge in [0.05, 0.1) is 12.5 Å². The highest BCUT2D eigenvalue weighted by atomic mass is 19.1. The van der Waals surface area contributed by atoms with Crippen LogP contribution in [0.3, 0.4) is 0 Å². The Hall–Kier alpha value is -1.42. The van der Waals surface area contributed by atoms with E-state index in [1.54, 1.807) is 23.1 Å². The topological polar surface area (TPSA) is 40.5 Å². The smallest absolute Gasteiger partial charge is 0.226 e. The van der Waals surface area contributed by atoms with E-state index in [2.05, 4.69) is 0 Å². The number of amides is 1. The van der Waals surface area contributed by atoms with E-state index in [4.69, 9.17) is 0 Å². The van der Waals surface area contributed by atoms with Crippen molar-refractivity contribution in [2.24, 2.45) is 0 Å².